The normalized spacial score (nSPS) is 12.2. The Morgan fingerprint density at radius 1 is 1.09 bits per heavy atom. The molecule has 5 aromatic rings. The minimum atomic E-state index is -1.01. The van der Waals surface area contributed by atoms with Crippen LogP contribution in [0.3, 0.4) is 0 Å². The zero-order chi connectivity index (χ0) is 24.9. The number of carbonyl (C=O) groups is 1. The SMILES string of the molecule is Cc1cc(C(C)Nc2ccccc2C(=O)O)c2oc(-c3ccc4nc(C)sc4c3)c(C)c(=O)c2c1. The molecule has 2 N–H and O–H groups in total. The maximum absolute atomic E-state index is 13.5. The summed E-state index contributed by atoms with van der Waals surface area (Å²) >= 11 is 1.60. The van der Waals surface area contributed by atoms with Gasteiger partial charge in [-0.15, -0.1) is 11.3 Å². The molecule has 2 heterocycles. The Balaban J connectivity index is 1.68. The molecule has 0 spiro atoms. The number of carboxylic acids is 1. The van der Waals surface area contributed by atoms with E-state index in [4.69, 9.17) is 4.42 Å². The van der Waals surface area contributed by atoms with Crippen LogP contribution in [0.25, 0.3) is 32.5 Å². The second-order valence-electron chi connectivity index (χ2n) is 8.75. The minimum Gasteiger partial charge on any atom is -0.478 e. The molecule has 0 saturated heterocycles. The van der Waals surface area contributed by atoms with E-state index in [2.05, 4.69) is 10.3 Å². The Kier molecular flexibility index (Phi) is 5.65. The predicted octanol–water partition coefficient (Wildman–Crippen LogP) is 6.87. The topological polar surface area (TPSA) is 92.4 Å². The summed E-state index contributed by atoms with van der Waals surface area (Å²) < 4.78 is 7.50. The first kappa shape index (κ1) is 22.8. The summed E-state index contributed by atoms with van der Waals surface area (Å²) in [5.41, 5.74) is 5.10. The fourth-order valence-corrected chi connectivity index (χ4v) is 5.32. The van der Waals surface area contributed by atoms with Gasteiger partial charge in [-0.3, -0.25) is 4.79 Å². The predicted molar refractivity (Wildman–Crippen MR) is 141 cm³/mol. The molecular formula is C28H24N2O4S. The van der Waals surface area contributed by atoms with Gasteiger partial charge in [0.05, 0.1) is 32.2 Å². The van der Waals surface area contributed by atoms with Crippen LogP contribution in [-0.2, 0) is 0 Å². The molecule has 0 aliphatic heterocycles. The van der Waals surface area contributed by atoms with Crippen molar-refractivity contribution < 1.29 is 14.3 Å². The van der Waals surface area contributed by atoms with Gasteiger partial charge in [0.15, 0.2) is 5.43 Å². The standard InChI is InChI=1S/C28H24N2O4S/c1-14-11-20(16(3)29-22-8-6-5-7-19(22)28(32)33)27-21(12-14)25(31)15(2)26(34-27)18-9-10-23-24(13-18)35-17(4)30-23/h5-13,16,29H,1-4H3,(H,32,33). The van der Waals surface area contributed by atoms with Crippen LogP contribution in [0.2, 0.25) is 0 Å². The smallest absolute Gasteiger partial charge is 0.337 e. The number of nitrogens with one attached hydrogen (secondary N) is 1. The molecule has 0 radical (unpaired) electrons. The summed E-state index contributed by atoms with van der Waals surface area (Å²) in [6, 6.07) is 16.2. The molecule has 0 fully saturated rings. The maximum atomic E-state index is 13.5. The molecule has 0 aliphatic carbocycles. The van der Waals surface area contributed by atoms with Crippen molar-refractivity contribution in [2.75, 3.05) is 5.32 Å². The van der Waals surface area contributed by atoms with Crippen LogP contribution in [0.5, 0.6) is 0 Å². The first-order valence-corrected chi connectivity index (χ1v) is 12.1. The summed E-state index contributed by atoms with van der Waals surface area (Å²) in [5, 5.41) is 14.4. The Morgan fingerprint density at radius 2 is 1.86 bits per heavy atom. The lowest BCUT2D eigenvalue weighted by Crippen LogP contribution is -2.14. The summed E-state index contributed by atoms with van der Waals surface area (Å²) in [7, 11) is 0. The number of aromatic carboxylic acids is 1. The molecule has 0 saturated carbocycles. The minimum absolute atomic E-state index is 0.0788. The summed E-state index contributed by atoms with van der Waals surface area (Å²) in [6.45, 7) is 7.62. The number of thiazole rings is 1. The van der Waals surface area contributed by atoms with E-state index < -0.39 is 5.97 Å². The van der Waals surface area contributed by atoms with E-state index in [0.29, 0.717) is 28.0 Å². The van der Waals surface area contributed by atoms with E-state index in [1.165, 1.54) is 0 Å². The third kappa shape index (κ3) is 4.08. The van der Waals surface area contributed by atoms with Gasteiger partial charge in [0, 0.05) is 22.4 Å². The Morgan fingerprint density at radius 3 is 2.63 bits per heavy atom. The Labute approximate surface area is 205 Å². The van der Waals surface area contributed by atoms with E-state index in [0.717, 1.165) is 31.9 Å². The van der Waals surface area contributed by atoms with Crippen molar-refractivity contribution in [1.29, 1.82) is 0 Å². The van der Waals surface area contributed by atoms with Gasteiger partial charge < -0.3 is 14.8 Å². The molecule has 6 nitrogen and oxygen atoms in total. The third-order valence-electron chi connectivity index (χ3n) is 6.15. The monoisotopic (exact) mass is 484 g/mol. The van der Waals surface area contributed by atoms with Gasteiger partial charge in [-0.1, -0.05) is 18.2 Å². The highest BCUT2D eigenvalue weighted by Crippen LogP contribution is 2.34. The quantitative estimate of drug-likeness (QED) is 0.283. The van der Waals surface area contributed by atoms with Crippen molar-refractivity contribution >= 4 is 44.2 Å². The molecule has 0 aliphatic rings. The van der Waals surface area contributed by atoms with Crippen molar-refractivity contribution in [3.8, 4) is 11.3 Å². The summed E-state index contributed by atoms with van der Waals surface area (Å²) in [4.78, 5) is 29.7. The van der Waals surface area contributed by atoms with E-state index in [9.17, 15) is 14.7 Å². The molecule has 2 aromatic heterocycles. The van der Waals surface area contributed by atoms with Crippen LogP contribution in [0, 0.1) is 20.8 Å². The van der Waals surface area contributed by atoms with Crippen LogP contribution in [0.15, 0.2) is 63.8 Å². The summed E-state index contributed by atoms with van der Waals surface area (Å²) in [6.07, 6.45) is 0. The number of rotatable bonds is 5. The molecule has 1 atom stereocenters. The van der Waals surface area contributed by atoms with Gasteiger partial charge in [0.25, 0.3) is 0 Å². The maximum Gasteiger partial charge on any atom is 0.337 e. The third-order valence-corrected chi connectivity index (χ3v) is 7.08. The Bertz CT molecular complexity index is 1680. The fourth-order valence-electron chi connectivity index (χ4n) is 4.45. The van der Waals surface area contributed by atoms with Crippen LogP contribution < -0.4 is 10.7 Å². The van der Waals surface area contributed by atoms with Gasteiger partial charge >= 0.3 is 5.97 Å². The van der Waals surface area contributed by atoms with E-state index in [1.807, 2.05) is 51.1 Å². The number of hydrogen-bond acceptors (Lipinski definition) is 6. The number of aryl methyl sites for hydroxylation is 2. The fraction of sp³-hybridized carbons (Fsp3) is 0.179. The average molecular weight is 485 g/mol. The average Bonchev–Trinajstić information content (AvgIpc) is 3.20. The summed E-state index contributed by atoms with van der Waals surface area (Å²) in [5.74, 6) is -0.480. The van der Waals surface area contributed by atoms with Gasteiger partial charge in [0.1, 0.15) is 11.3 Å². The largest absolute Gasteiger partial charge is 0.478 e. The molecule has 3 aromatic carbocycles. The molecule has 5 rings (SSSR count). The van der Waals surface area contributed by atoms with Crippen molar-refractivity contribution in [2.24, 2.45) is 0 Å². The van der Waals surface area contributed by atoms with Gasteiger partial charge in [0.2, 0.25) is 0 Å². The first-order valence-electron chi connectivity index (χ1n) is 11.3. The highest BCUT2D eigenvalue weighted by atomic mass is 32.1. The Hall–Kier alpha value is -3.97. The lowest BCUT2D eigenvalue weighted by molar-refractivity contribution is 0.0698. The number of carboxylic acid groups (broad SMARTS) is 1. The van der Waals surface area contributed by atoms with Crippen LogP contribution in [0.1, 0.15) is 45.0 Å². The van der Waals surface area contributed by atoms with E-state index in [1.54, 1.807) is 42.5 Å². The molecule has 0 bridgehead atoms. The molecule has 7 heteroatoms. The van der Waals surface area contributed by atoms with Gasteiger partial charge in [-0.25, -0.2) is 9.78 Å². The van der Waals surface area contributed by atoms with Crippen LogP contribution in [0.4, 0.5) is 5.69 Å². The molecule has 1 unspecified atom stereocenters. The lowest BCUT2D eigenvalue weighted by atomic mass is 9.98. The van der Waals surface area contributed by atoms with Crippen molar-refractivity contribution in [3.05, 3.63) is 92.1 Å². The van der Waals surface area contributed by atoms with Gasteiger partial charge in [-0.05, 0) is 69.7 Å². The van der Waals surface area contributed by atoms with Crippen molar-refractivity contribution in [1.82, 2.24) is 4.98 Å². The number of fused-ring (bicyclic) bond motifs is 2. The number of para-hydroxylation sites is 1. The highest BCUT2D eigenvalue weighted by Gasteiger charge is 2.20. The van der Waals surface area contributed by atoms with Gasteiger partial charge in [-0.2, -0.15) is 0 Å². The molecule has 176 valence electrons. The number of nitrogens with zero attached hydrogens (tertiary/aromatic N) is 1. The van der Waals surface area contributed by atoms with Crippen LogP contribution >= 0.6 is 11.3 Å². The molecular weight excluding hydrogens is 460 g/mol. The van der Waals surface area contributed by atoms with Crippen molar-refractivity contribution in [3.63, 3.8) is 0 Å². The van der Waals surface area contributed by atoms with E-state index >= 15 is 0 Å². The molecule has 0 amide bonds. The van der Waals surface area contributed by atoms with Crippen molar-refractivity contribution in [2.45, 2.75) is 33.7 Å². The zero-order valence-corrected chi connectivity index (χ0v) is 20.6. The highest BCUT2D eigenvalue weighted by molar-refractivity contribution is 7.18. The number of hydrogen-bond donors (Lipinski definition) is 2. The zero-order valence-electron chi connectivity index (χ0n) is 19.8. The van der Waals surface area contributed by atoms with E-state index in [-0.39, 0.29) is 17.0 Å². The molecule has 35 heavy (non-hydrogen) atoms. The number of anilines is 1. The van der Waals surface area contributed by atoms with Crippen LogP contribution in [-0.4, -0.2) is 16.1 Å². The number of aromatic nitrogens is 1. The number of benzene rings is 3. The lowest BCUT2D eigenvalue weighted by Gasteiger charge is -2.20. The second-order valence-corrected chi connectivity index (χ2v) is 9.98. The second kappa shape index (κ2) is 8.67. The first-order chi connectivity index (χ1) is 16.7.